The Balaban J connectivity index is 1.43. The summed E-state index contributed by atoms with van der Waals surface area (Å²) < 4.78 is 0. The molecule has 1 aromatic rings. The Bertz CT molecular complexity index is 487. The Hall–Kier alpha value is -0.820. The monoisotopic (exact) mass is 283 g/mol. The van der Waals surface area contributed by atoms with E-state index in [1.807, 2.05) is 0 Å². The van der Waals surface area contributed by atoms with Gasteiger partial charge >= 0.3 is 0 Å². The number of fused-ring (bicyclic) bond motifs is 5. The van der Waals surface area contributed by atoms with Crippen molar-refractivity contribution in [3.63, 3.8) is 0 Å². The summed E-state index contributed by atoms with van der Waals surface area (Å²) >= 11 is 0. The lowest BCUT2D eigenvalue weighted by Crippen LogP contribution is -2.32. The van der Waals surface area contributed by atoms with Gasteiger partial charge in [-0.15, -0.1) is 0 Å². The summed E-state index contributed by atoms with van der Waals surface area (Å²) in [5.41, 5.74) is 2.97. The molecular formula is C20H29N. The maximum atomic E-state index is 3.65. The topological polar surface area (TPSA) is 12.0 Å². The molecule has 3 aliphatic rings. The third kappa shape index (κ3) is 2.25. The van der Waals surface area contributed by atoms with Gasteiger partial charge in [0, 0.05) is 6.04 Å². The van der Waals surface area contributed by atoms with Crippen LogP contribution >= 0.6 is 0 Å². The zero-order chi connectivity index (χ0) is 14.6. The molecule has 1 N–H and O–H groups in total. The zero-order valence-electron chi connectivity index (χ0n) is 13.7. The van der Waals surface area contributed by atoms with E-state index < -0.39 is 0 Å². The van der Waals surface area contributed by atoms with Crippen molar-refractivity contribution in [2.75, 3.05) is 7.05 Å². The third-order valence-electron chi connectivity index (χ3n) is 6.73. The van der Waals surface area contributed by atoms with Crippen LogP contribution < -0.4 is 5.32 Å². The van der Waals surface area contributed by atoms with Crippen molar-refractivity contribution in [3.05, 3.63) is 35.4 Å². The van der Waals surface area contributed by atoms with Crippen molar-refractivity contribution in [2.24, 2.45) is 29.6 Å². The first-order valence-electron chi connectivity index (χ1n) is 8.95. The fourth-order valence-electron chi connectivity index (χ4n) is 5.65. The third-order valence-corrected chi connectivity index (χ3v) is 6.73. The van der Waals surface area contributed by atoms with Gasteiger partial charge in [-0.05, 0) is 79.4 Å². The van der Waals surface area contributed by atoms with E-state index in [0.717, 1.165) is 29.6 Å². The van der Waals surface area contributed by atoms with Crippen LogP contribution in [0.3, 0.4) is 0 Å². The van der Waals surface area contributed by atoms with Crippen LogP contribution in [0.4, 0.5) is 0 Å². The highest BCUT2D eigenvalue weighted by molar-refractivity contribution is 5.26. The van der Waals surface area contributed by atoms with Crippen molar-refractivity contribution < 1.29 is 0 Å². The molecule has 2 bridgehead atoms. The summed E-state index contributed by atoms with van der Waals surface area (Å²) in [4.78, 5) is 0. The van der Waals surface area contributed by atoms with E-state index in [1.165, 1.54) is 30.4 Å². The molecule has 4 rings (SSSR count). The van der Waals surface area contributed by atoms with E-state index in [9.17, 15) is 0 Å². The summed E-state index contributed by atoms with van der Waals surface area (Å²) in [6.07, 6.45) is 5.83. The molecular weight excluding hydrogens is 254 g/mol. The lowest BCUT2D eigenvalue weighted by Gasteiger charge is -2.20. The van der Waals surface area contributed by atoms with Crippen molar-refractivity contribution in [3.8, 4) is 0 Å². The number of hydrogen-bond acceptors (Lipinski definition) is 1. The SMILES string of the molecule is CNC(Cc1ccc(C(C)C)cc1)C1C2C3CCC(C3)C21. The van der Waals surface area contributed by atoms with Crippen molar-refractivity contribution in [2.45, 2.75) is 51.5 Å². The number of benzene rings is 1. The molecule has 0 aliphatic heterocycles. The standard InChI is InChI=1S/C20H29N/c1-12(2)14-6-4-13(5-7-14)10-17(21-3)20-18-15-8-9-16(11-15)19(18)20/h4-7,12,15-21H,8-11H2,1-3H3. The van der Waals surface area contributed by atoms with Gasteiger partial charge < -0.3 is 5.32 Å². The first-order valence-corrected chi connectivity index (χ1v) is 8.95. The Morgan fingerprint density at radius 2 is 1.67 bits per heavy atom. The fraction of sp³-hybridized carbons (Fsp3) is 0.700. The largest absolute Gasteiger partial charge is 0.316 e. The lowest BCUT2D eigenvalue weighted by atomic mass is 9.92. The van der Waals surface area contributed by atoms with Crippen molar-refractivity contribution >= 4 is 0 Å². The first kappa shape index (κ1) is 13.8. The number of rotatable bonds is 5. The van der Waals surface area contributed by atoms with Crippen LogP contribution in [0.1, 0.15) is 50.2 Å². The van der Waals surface area contributed by atoms with E-state index in [-0.39, 0.29) is 0 Å². The zero-order valence-corrected chi connectivity index (χ0v) is 13.7. The average Bonchev–Trinajstić information content (AvgIpc) is 2.91. The van der Waals surface area contributed by atoms with Crippen LogP contribution in [-0.2, 0) is 6.42 Å². The molecule has 3 saturated carbocycles. The van der Waals surface area contributed by atoms with E-state index in [4.69, 9.17) is 0 Å². The van der Waals surface area contributed by atoms with Crippen LogP contribution in [0.2, 0.25) is 0 Å². The van der Waals surface area contributed by atoms with Gasteiger partial charge in [0.2, 0.25) is 0 Å². The molecule has 1 heteroatoms. The molecule has 0 amide bonds. The van der Waals surface area contributed by atoms with Crippen LogP contribution in [-0.4, -0.2) is 13.1 Å². The van der Waals surface area contributed by atoms with Gasteiger partial charge in [-0.2, -0.15) is 0 Å². The minimum atomic E-state index is 0.637. The second-order valence-corrected chi connectivity index (χ2v) is 8.06. The summed E-state index contributed by atoms with van der Waals surface area (Å²) in [6.45, 7) is 4.54. The molecule has 0 heterocycles. The maximum absolute atomic E-state index is 3.65. The van der Waals surface area contributed by atoms with E-state index in [1.54, 1.807) is 6.42 Å². The smallest absolute Gasteiger partial charge is 0.0138 e. The van der Waals surface area contributed by atoms with E-state index >= 15 is 0 Å². The molecule has 0 spiro atoms. The molecule has 0 radical (unpaired) electrons. The predicted octanol–water partition coefficient (Wildman–Crippen LogP) is 4.23. The van der Waals surface area contributed by atoms with Gasteiger partial charge in [-0.25, -0.2) is 0 Å². The van der Waals surface area contributed by atoms with Gasteiger partial charge in [-0.3, -0.25) is 0 Å². The molecule has 5 atom stereocenters. The quantitative estimate of drug-likeness (QED) is 0.852. The number of likely N-dealkylation sites (N-methyl/N-ethyl adjacent to an activating group) is 1. The Morgan fingerprint density at radius 1 is 1.05 bits per heavy atom. The number of nitrogens with one attached hydrogen (secondary N) is 1. The highest BCUT2D eigenvalue weighted by Gasteiger charge is 2.66. The normalized spacial score (nSPS) is 37.8. The van der Waals surface area contributed by atoms with Crippen LogP contribution in [0, 0.1) is 29.6 Å². The minimum Gasteiger partial charge on any atom is -0.316 e. The maximum Gasteiger partial charge on any atom is 0.0138 e. The predicted molar refractivity (Wildman–Crippen MR) is 88.4 cm³/mol. The van der Waals surface area contributed by atoms with Gasteiger partial charge in [0.05, 0.1) is 0 Å². The molecule has 0 aromatic heterocycles. The summed E-state index contributed by atoms with van der Waals surface area (Å²) in [5.74, 6) is 5.95. The lowest BCUT2D eigenvalue weighted by molar-refractivity contribution is 0.376. The average molecular weight is 283 g/mol. The highest BCUT2D eigenvalue weighted by Crippen LogP contribution is 2.70. The molecule has 3 aliphatic carbocycles. The summed E-state index contributed by atoms with van der Waals surface area (Å²) in [7, 11) is 2.17. The van der Waals surface area contributed by atoms with Gasteiger partial charge in [0.25, 0.3) is 0 Å². The second kappa shape index (κ2) is 5.12. The molecule has 114 valence electrons. The van der Waals surface area contributed by atoms with Crippen molar-refractivity contribution in [1.29, 1.82) is 0 Å². The van der Waals surface area contributed by atoms with Gasteiger partial charge in [-0.1, -0.05) is 38.1 Å². The fourth-order valence-corrected chi connectivity index (χ4v) is 5.65. The van der Waals surface area contributed by atoms with Crippen LogP contribution in [0.5, 0.6) is 0 Å². The Kier molecular flexibility index (Phi) is 3.37. The molecule has 1 aromatic carbocycles. The Labute approximate surface area is 129 Å². The van der Waals surface area contributed by atoms with Crippen LogP contribution in [0.15, 0.2) is 24.3 Å². The second-order valence-electron chi connectivity index (χ2n) is 8.06. The molecule has 3 fully saturated rings. The molecule has 21 heavy (non-hydrogen) atoms. The van der Waals surface area contributed by atoms with E-state index in [2.05, 4.69) is 50.5 Å². The van der Waals surface area contributed by atoms with Gasteiger partial charge in [0.1, 0.15) is 0 Å². The summed E-state index contributed by atoms with van der Waals surface area (Å²) in [5, 5.41) is 3.65. The molecule has 0 saturated heterocycles. The van der Waals surface area contributed by atoms with Crippen LogP contribution in [0.25, 0.3) is 0 Å². The summed E-state index contributed by atoms with van der Waals surface area (Å²) in [6, 6.07) is 10.1. The highest BCUT2D eigenvalue weighted by atomic mass is 14.9. The van der Waals surface area contributed by atoms with E-state index in [0.29, 0.717) is 12.0 Å². The van der Waals surface area contributed by atoms with Gasteiger partial charge in [0.15, 0.2) is 0 Å². The minimum absolute atomic E-state index is 0.637. The number of hydrogen-bond donors (Lipinski definition) is 1. The molecule has 1 nitrogen and oxygen atoms in total. The first-order chi connectivity index (χ1) is 10.2. The van der Waals surface area contributed by atoms with Crippen molar-refractivity contribution in [1.82, 2.24) is 5.32 Å². The molecule has 5 unspecified atom stereocenters. The Morgan fingerprint density at radius 3 is 2.19 bits per heavy atom.